The van der Waals surface area contributed by atoms with E-state index >= 15 is 0 Å². The summed E-state index contributed by atoms with van der Waals surface area (Å²) in [6.07, 6.45) is 0. The summed E-state index contributed by atoms with van der Waals surface area (Å²) in [6.45, 7) is 5.53. The molecule has 1 amide bonds. The first-order valence-corrected chi connectivity index (χ1v) is 7.66. The lowest BCUT2D eigenvalue weighted by atomic mass is 10.1. The summed E-state index contributed by atoms with van der Waals surface area (Å²) in [4.78, 5) is 12.2. The van der Waals surface area contributed by atoms with Crippen molar-refractivity contribution in [2.24, 2.45) is 0 Å². The fourth-order valence-electron chi connectivity index (χ4n) is 2.37. The molecule has 0 aliphatic carbocycles. The monoisotopic (exact) mass is 333 g/mol. The number of anilines is 1. The lowest BCUT2D eigenvalue weighted by Crippen LogP contribution is -2.39. The molecule has 24 heavy (non-hydrogen) atoms. The molecule has 0 saturated heterocycles. The van der Waals surface area contributed by atoms with E-state index in [0.717, 1.165) is 17.1 Å². The first-order chi connectivity index (χ1) is 11.4. The van der Waals surface area contributed by atoms with Crippen LogP contribution in [0.1, 0.15) is 31.1 Å². The van der Waals surface area contributed by atoms with Gasteiger partial charge >= 0.3 is 0 Å². The summed E-state index contributed by atoms with van der Waals surface area (Å²) >= 11 is 0. The van der Waals surface area contributed by atoms with Crippen LogP contribution in [0.5, 0.6) is 11.5 Å². The van der Waals surface area contributed by atoms with E-state index in [1.165, 1.54) is 0 Å². The van der Waals surface area contributed by atoms with E-state index < -0.39 is 6.04 Å². The average molecular weight is 333 g/mol. The van der Waals surface area contributed by atoms with Crippen LogP contribution in [0.3, 0.4) is 0 Å². The zero-order valence-electron chi connectivity index (χ0n) is 14.5. The number of ether oxygens (including phenoxy) is 2. The van der Waals surface area contributed by atoms with Gasteiger partial charge in [-0.1, -0.05) is 5.16 Å². The highest BCUT2D eigenvalue weighted by molar-refractivity contribution is 5.93. The van der Waals surface area contributed by atoms with Crippen molar-refractivity contribution in [1.82, 2.24) is 10.5 Å². The second-order valence-corrected chi connectivity index (χ2v) is 5.54. The molecule has 0 bridgehead atoms. The Hall–Kier alpha value is -2.54. The summed E-state index contributed by atoms with van der Waals surface area (Å²) in [6, 6.07) is 6.67. The van der Waals surface area contributed by atoms with Gasteiger partial charge in [-0.2, -0.15) is 0 Å². The maximum absolute atomic E-state index is 12.2. The molecule has 0 fully saturated rings. The summed E-state index contributed by atoms with van der Waals surface area (Å²) in [5.41, 5.74) is 1.62. The van der Waals surface area contributed by atoms with E-state index in [4.69, 9.17) is 14.0 Å². The van der Waals surface area contributed by atoms with Crippen LogP contribution < -0.4 is 20.1 Å². The van der Waals surface area contributed by atoms with Gasteiger partial charge in [-0.15, -0.1) is 0 Å². The minimum Gasteiger partial charge on any atom is -0.497 e. The third kappa shape index (κ3) is 4.26. The van der Waals surface area contributed by atoms with Gasteiger partial charge < -0.3 is 14.0 Å². The van der Waals surface area contributed by atoms with Crippen molar-refractivity contribution >= 4 is 11.8 Å². The lowest BCUT2D eigenvalue weighted by Gasteiger charge is -2.21. The highest BCUT2D eigenvalue weighted by atomic mass is 16.5. The molecule has 2 aromatic rings. The number of benzene rings is 1. The topological polar surface area (TPSA) is 85.6 Å². The van der Waals surface area contributed by atoms with Gasteiger partial charge in [0, 0.05) is 17.7 Å². The largest absolute Gasteiger partial charge is 0.497 e. The first-order valence-electron chi connectivity index (χ1n) is 7.66. The van der Waals surface area contributed by atoms with Gasteiger partial charge in [-0.05, 0) is 39.0 Å². The molecule has 1 aromatic heterocycles. The van der Waals surface area contributed by atoms with Gasteiger partial charge in [0.2, 0.25) is 11.8 Å². The molecule has 2 atom stereocenters. The molecule has 7 heteroatoms. The number of carbonyl (C=O) groups is 1. The van der Waals surface area contributed by atoms with Crippen molar-refractivity contribution < 1.29 is 18.8 Å². The first kappa shape index (κ1) is 17.8. The number of hydrogen-bond acceptors (Lipinski definition) is 6. The number of aryl methyl sites for hydroxylation is 1. The second-order valence-electron chi connectivity index (χ2n) is 5.54. The number of aromatic nitrogens is 1. The van der Waals surface area contributed by atoms with E-state index in [2.05, 4.69) is 15.8 Å². The van der Waals surface area contributed by atoms with Crippen molar-refractivity contribution in [2.75, 3.05) is 19.5 Å². The quantitative estimate of drug-likeness (QED) is 0.810. The zero-order chi connectivity index (χ0) is 17.7. The fourth-order valence-corrected chi connectivity index (χ4v) is 2.37. The van der Waals surface area contributed by atoms with Gasteiger partial charge in [0.05, 0.1) is 26.0 Å². The van der Waals surface area contributed by atoms with Gasteiger partial charge in [0.15, 0.2) is 0 Å². The maximum Gasteiger partial charge on any atom is 0.243 e. The van der Waals surface area contributed by atoms with Crippen LogP contribution in [0, 0.1) is 6.92 Å². The highest BCUT2D eigenvalue weighted by Gasteiger charge is 2.20. The number of amides is 1. The van der Waals surface area contributed by atoms with Crippen LogP contribution in [-0.4, -0.2) is 31.3 Å². The van der Waals surface area contributed by atoms with Gasteiger partial charge in [0.25, 0.3) is 0 Å². The van der Waals surface area contributed by atoms with Crippen LogP contribution in [0.25, 0.3) is 0 Å². The third-order valence-corrected chi connectivity index (χ3v) is 3.67. The molecule has 0 saturated carbocycles. The molecule has 1 heterocycles. The van der Waals surface area contributed by atoms with Crippen LogP contribution in [0.2, 0.25) is 0 Å². The Bertz CT molecular complexity index is 699. The number of nitrogens with zero attached hydrogens (tertiary/aromatic N) is 1. The Morgan fingerprint density at radius 1 is 1.21 bits per heavy atom. The molecule has 0 aliphatic heterocycles. The smallest absolute Gasteiger partial charge is 0.243 e. The molecular formula is C17H23N3O4. The van der Waals surface area contributed by atoms with Crippen LogP contribution >= 0.6 is 0 Å². The van der Waals surface area contributed by atoms with Crippen LogP contribution in [0.15, 0.2) is 28.8 Å². The molecule has 0 aliphatic rings. The van der Waals surface area contributed by atoms with Crippen molar-refractivity contribution in [1.29, 1.82) is 0 Å². The summed E-state index contributed by atoms with van der Waals surface area (Å²) in [7, 11) is 3.22. The minimum atomic E-state index is -0.443. The van der Waals surface area contributed by atoms with Gasteiger partial charge in [-0.3, -0.25) is 15.4 Å². The number of hydrogen-bond donors (Lipinski definition) is 2. The molecule has 2 rings (SSSR count). The van der Waals surface area contributed by atoms with Crippen molar-refractivity contribution in [2.45, 2.75) is 32.9 Å². The number of rotatable bonds is 7. The second kappa shape index (κ2) is 7.83. The molecule has 0 spiro atoms. The maximum atomic E-state index is 12.2. The Morgan fingerprint density at radius 3 is 2.54 bits per heavy atom. The summed E-state index contributed by atoms with van der Waals surface area (Å²) in [5.74, 6) is 1.58. The Labute approximate surface area is 141 Å². The van der Waals surface area contributed by atoms with Gasteiger partial charge in [-0.25, -0.2) is 0 Å². The Balaban J connectivity index is 2.05. The number of carbonyl (C=O) groups excluding carboxylic acids is 1. The molecule has 0 radical (unpaired) electrons. The molecule has 0 unspecified atom stereocenters. The predicted octanol–water partition coefficient (Wildman–Crippen LogP) is 2.68. The number of methoxy groups -OCH3 is 2. The molecular weight excluding hydrogens is 310 g/mol. The van der Waals surface area contributed by atoms with Crippen molar-refractivity contribution in [3.8, 4) is 11.5 Å². The summed E-state index contributed by atoms with van der Waals surface area (Å²) in [5, 5.41) is 9.66. The van der Waals surface area contributed by atoms with Crippen LogP contribution in [0.4, 0.5) is 5.88 Å². The van der Waals surface area contributed by atoms with E-state index in [1.54, 1.807) is 34.1 Å². The van der Waals surface area contributed by atoms with E-state index in [9.17, 15) is 4.79 Å². The van der Waals surface area contributed by atoms with Gasteiger partial charge in [0.1, 0.15) is 11.5 Å². The zero-order valence-corrected chi connectivity index (χ0v) is 14.5. The molecule has 7 nitrogen and oxygen atoms in total. The third-order valence-electron chi connectivity index (χ3n) is 3.67. The SMILES string of the molecule is COc1ccc(OC)c([C@H](C)N[C@@H](C)C(=O)Nc2cc(C)no2)c1. The highest BCUT2D eigenvalue weighted by Crippen LogP contribution is 2.29. The standard InChI is InChI=1S/C17H23N3O4/c1-10-8-16(24-20-10)19-17(21)12(3)18-11(2)14-9-13(22-4)6-7-15(14)23-5/h6-9,11-12,18H,1-5H3,(H,19,21)/t11-,12-/m0/s1. The number of nitrogens with one attached hydrogen (secondary N) is 2. The van der Waals surface area contributed by atoms with E-state index in [1.807, 2.05) is 25.1 Å². The minimum absolute atomic E-state index is 0.118. The Morgan fingerprint density at radius 2 is 1.96 bits per heavy atom. The van der Waals surface area contributed by atoms with E-state index in [0.29, 0.717) is 11.6 Å². The van der Waals surface area contributed by atoms with E-state index in [-0.39, 0.29) is 11.9 Å². The Kier molecular flexibility index (Phi) is 5.81. The molecule has 130 valence electrons. The average Bonchev–Trinajstić information content (AvgIpc) is 2.98. The van der Waals surface area contributed by atoms with Crippen molar-refractivity contribution in [3.05, 3.63) is 35.5 Å². The predicted molar refractivity (Wildman–Crippen MR) is 90.4 cm³/mol. The molecule has 1 aromatic carbocycles. The van der Waals surface area contributed by atoms with Crippen LogP contribution in [-0.2, 0) is 4.79 Å². The summed E-state index contributed by atoms with van der Waals surface area (Å²) < 4.78 is 15.6. The van der Waals surface area contributed by atoms with Crippen molar-refractivity contribution in [3.63, 3.8) is 0 Å². The fraction of sp³-hybridized carbons (Fsp3) is 0.412. The lowest BCUT2D eigenvalue weighted by molar-refractivity contribution is -0.118. The molecule has 2 N–H and O–H groups in total. The normalized spacial score (nSPS) is 13.2.